The van der Waals surface area contributed by atoms with Crippen molar-refractivity contribution in [2.24, 2.45) is 11.1 Å². The highest BCUT2D eigenvalue weighted by atomic mass is 16.5. The van der Waals surface area contributed by atoms with Crippen molar-refractivity contribution in [2.45, 2.75) is 18.8 Å². The lowest BCUT2D eigenvalue weighted by atomic mass is 9.88. The Kier molecular flexibility index (Phi) is 3.25. The number of hydrogen-bond acceptors (Lipinski definition) is 4. The summed E-state index contributed by atoms with van der Waals surface area (Å²) in [4.78, 5) is 0. The van der Waals surface area contributed by atoms with Crippen molar-refractivity contribution in [3.63, 3.8) is 0 Å². The van der Waals surface area contributed by atoms with Crippen LogP contribution in [0, 0.1) is 5.41 Å². The first kappa shape index (κ1) is 13.2. The van der Waals surface area contributed by atoms with Crippen molar-refractivity contribution < 1.29 is 14.6 Å². The molecule has 2 unspecified atom stereocenters. The minimum absolute atomic E-state index is 0.0734. The van der Waals surface area contributed by atoms with Gasteiger partial charge in [-0.05, 0) is 24.1 Å². The summed E-state index contributed by atoms with van der Waals surface area (Å²) in [6.07, 6.45) is 0.905. The van der Waals surface area contributed by atoms with Crippen molar-refractivity contribution in [2.75, 3.05) is 27.4 Å². The zero-order valence-corrected chi connectivity index (χ0v) is 11.2. The van der Waals surface area contributed by atoms with Gasteiger partial charge in [-0.15, -0.1) is 0 Å². The molecular weight excluding hydrogens is 230 g/mol. The first-order valence-corrected chi connectivity index (χ1v) is 6.10. The summed E-state index contributed by atoms with van der Waals surface area (Å²) in [5, 5.41) is 9.54. The fourth-order valence-corrected chi connectivity index (χ4v) is 2.81. The summed E-state index contributed by atoms with van der Waals surface area (Å²) in [6, 6.07) is 5.90. The molecule has 0 spiro atoms. The van der Waals surface area contributed by atoms with E-state index in [9.17, 15) is 5.11 Å². The monoisotopic (exact) mass is 251 g/mol. The van der Waals surface area contributed by atoms with Crippen LogP contribution in [-0.2, 0) is 5.41 Å². The van der Waals surface area contributed by atoms with Gasteiger partial charge < -0.3 is 20.3 Å². The van der Waals surface area contributed by atoms with E-state index in [-0.39, 0.29) is 17.4 Å². The molecule has 1 aromatic carbocycles. The molecule has 1 fully saturated rings. The molecule has 0 bridgehead atoms. The van der Waals surface area contributed by atoms with Gasteiger partial charge in [0.1, 0.15) is 0 Å². The molecule has 100 valence electrons. The molecule has 0 radical (unpaired) electrons. The Bertz CT molecular complexity index is 443. The third-order valence-electron chi connectivity index (χ3n) is 4.45. The Morgan fingerprint density at radius 3 is 2.39 bits per heavy atom. The number of benzene rings is 1. The van der Waals surface area contributed by atoms with Crippen molar-refractivity contribution in [3.05, 3.63) is 23.8 Å². The molecule has 1 saturated carbocycles. The topological polar surface area (TPSA) is 64.7 Å². The molecule has 3 N–H and O–H groups in total. The van der Waals surface area contributed by atoms with E-state index in [0.717, 1.165) is 12.0 Å². The Hall–Kier alpha value is -1.26. The second kappa shape index (κ2) is 4.44. The number of ether oxygens (including phenoxy) is 2. The lowest BCUT2D eigenvalue weighted by molar-refractivity contribution is 0.198. The van der Waals surface area contributed by atoms with Crippen LogP contribution in [0.25, 0.3) is 0 Å². The van der Waals surface area contributed by atoms with E-state index < -0.39 is 0 Å². The van der Waals surface area contributed by atoms with E-state index in [1.165, 1.54) is 0 Å². The fraction of sp³-hybridized carbons (Fsp3) is 0.571. The highest BCUT2D eigenvalue weighted by Gasteiger charge is 2.63. The molecule has 18 heavy (non-hydrogen) atoms. The maximum absolute atomic E-state index is 9.54. The van der Waals surface area contributed by atoms with Crippen LogP contribution < -0.4 is 15.2 Å². The maximum Gasteiger partial charge on any atom is 0.161 e. The van der Waals surface area contributed by atoms with Gasteiger partial charge in [-0.3, -0.25) is 0 Å². The van der Waals surface area contributed by atoms with Crippen molar-refractivity contribution in [1.82, 2.24) is 0 Å². The number of rotatable bonds is 5. The van der Waals surface area contributed by atoms with Gasteiger partial charge in [0.05, 0.1) is 20.8 Å². The maximum atomic E-state index is 9.54. The van der Waals surface area contributed by atoms with Gasteiger partial charge in [0, 0.05) is 17.4 Å². The quantitative estimate of drug-likeness (QED) is 0.828. The van der Waals surface area contributed by atoms with E-state index in [2.05, 4.69) is 6.92 Å². The third kappa shape index (κ3) is 1.68. The van der Waals surface area contributed by atoms with Crippen LogP contribution in [0.4, 0.5) is 0 Å². The molecule has 2 atom stereocenters. The number of aliphatic hydroxyl groups is 1. The van der Waals surface area contributed by atoms with Crippen molar-refractivity contribution in [3.8, 4) is 11.5 Å². The Balaban J connectivity index is 2.36. The molecule has 4 nitrogen and oxygen atoms in total. The molecule has 1 aliphatic rings. The minimum Gasteiger partial charge on any atom is -0.493 e. The number of nitrogens with two attached hydrogens (primary N) is 1. The number of hydrogen-bond donors (Lipinski definition) is 2. The molecule has 4 heteroatoms. The van der Waals surface area contributed by atoms with Crippen molar-refractivity contribution in [1.29, 1.82) is 0 Å². The highest BCUT2D eigenvalue weighted by Crippen LogP contribution is 2.64. The first-order valence-electron chi connectivity index (χ1n) is 6.10. The molecule has 0 aliphatic heterocycles. The van der Waals surface area contributed by atoms with E-state index in [4.69, 9.17) is 15.2 Å². The zero-order valence-electron chi connectivity index (χ0n) is 11.2. The first-order chi connectivity index (χ1) is 8.56. The van der Waals surface area contributed by atoms with Crippen LogP contribution in [0.5, 0.6) is 11.5 Å². The Morgan fingerprint density at radius 1 is 1.28 bits per heavy atom. The van der Waals surface area contributed by atoms with Gasteiger partial charge in [-0.1, -0.05) is 13.0 Å². The van der Waals surface area contributed by atoms with Crippen LogP contribution in [0.15, 0.2) is 18.2 Å². The summed E-state index contributed by atoms with van der Waals surface area (Å²) < 4.78 is 10.5. The van der Waals surface area contributed by atoms with Gasteiger partial charge in [0.2, 0.25) is 0 Å². The lowest BCUT2D eigenvalue weighted by Crippen LogP contribution is -2.27. The molecular formula is C14H21NO3. The van der Waals surface area contributed by atoms with Crippen LogP contribution in [0.2, 0.25) is 0 Å². The summed E-state index contributed by atoms with van der Waals surface area (Å²) in [5.74, 6) is 1.43. The highest BCUT2D eigenvalue weighted by molar-refractivity contribution is 5.48. The molecule has 1 aliphatic carbocycles. The SMILES string of the molecule is COc1ccc(C2(C)CC2(CN)CO)cc1OC. The van der Waals surface area contributed by atoms with Crippen LogP contribution in [-0.4, -0.2) is 32.5 Å². The summed E-state index contributed by atoms with van der Waals surface area (Å²) in [7, 11) is 3.24. The zero-order chi connectivity index (χ0) is 13.4. The summed E-state index contributed by atoms with van der Waals surface area (Å²) in [5.41, 5.74) is 6.68. The molecule has 0 heterocycles. The average molecular weight is 251 g/mol. The molecule has 0 amide bonds. The van der Waals surface area contributed by atoms with Gasteiger partial charge in [0.15, 0.2) is 11.5 Å². The average Bonchev–Trinajstić information content (AvgIpc) is 3.05. The lowest BCUT2D eigenvalue weighted by Gasteiger charge is -2.21. The molecule has 1 aromatic rings. The van der Waals surface area contributed by atoms with E-state index >= 15 is 0 Å². The van der Waals surface area contributed by atoms with E-state index in [1.54, 1.807) is 14.2 Å². The van der Waals surface area contributed by atoms with Crippen LogP contribution in [0.3, 0.4) is 0 Å². The fourth-order valence-electron chi connectivity index (χ4n) is 2.81. The molecule has 0 aromatic heterocycles. The van der Waals surface area contributed by atoms with Gasteiger partial charge in [-0.2, -0.15) is 0 Å². The third-order valence-corrected chi connectivity index (χ3v) is 4.45. The predicted octanol–water partition coefficient (Wildman–Crippen LogP) is 1.30. The molecule has 0 saturated heterocycles. The van der Waals surface area contributed by atoms with Crippen molar-refractivity contribution >= 4 is 0 Å². The normalized spacial score (nSPS) is 30.1. The van der Waals surface area contributed by atoms with E-state index in [1.807, 2.05) is 18.2 Å². The minimum atomic E-state index is -0.188. The van der Waals surface area contributed by atoms with E-state index in [0.29, 0.717) is 18.0 Å². The number of methoxy groups -OCH3 is 2. The number of aliphatic hydroxyl groups excluding tert-OH is 1. The summed E-state index contributed by atoms with van der Waals surface area (Å²) in [6.45, 7) is 2.75. The standard InChI is InChI=1S/C14H21NO3/c1-13(7-14(13,8-15)9-16)10-4-5-11(17-2)12(6-10)18-3/h4-6,16H,7-9,15H2,1-3H3. The summed E-state index contributed by atoms with van der Waals surface area (Å²) >= 11 is 0. The van der Waals surface area contributed by atoms with Gasteiger partial charge >= 0.3 is 0 Å². The van der Waals surface area contributed by atoms with Crippen LogP contribution >= 0.6 is 0 Å². The Morgan fingerprint density at radius 2 is 1.94 bits per heavy atom. The molecule has 2 rings (SSSR count). The smallest absolute Gasteiger partial charge is 0.161 e. The van der Waals surface area contributed by atoms with Crippen LogP contribution in [0.1, 0.15) is 18.9 Å². The largest absolute Gasteiger partial charge is 0.493 e. The predicted molar refractivity (Wildman–Crippen MR) is 70.1 cm³/mol. The second-order valence-corrected chi connectivity index (χ2v) is 5.22. The Labute approximate surface area is 108 Å². The second-order valence-electron chi connectivity index (χ2n) is 5.22. The van der Waals surface area contributed by atoms with Gasteiger partial charge in [-0.25, -0.2) is 0 Å². The van der Waals surface area contributed by atoms with Gasteiger partial charge in [0.25, 0.3) is 0 Å².